The van der Waals surface area contributed by atoms with Crippen LogP contribution in [-0.4, -0.2) is 41.0 Å². The minimum atomic E-state index is -0.792. The maximum Gasteiger partial charge on any atom is 0.320 e. The van der Waals surface area contributed by atoms with E-state index < -0.39 is 11.6 Å². The lowest BCUT2D eigenvalue weighted by molar-refractivity contribution is 0.0990. The van der Waals surface area contributed by atoms with Gasteiger partial charge >= 0.3 is 6.03 Å². The van der Waals surface area contributed by atoms with Crippen molar-refractivity contribution >= 4 is 6.03 Å². The topological polar surface area (TPSA) is 23.6 Å². The molecule has 3 fully saturated rings. The molecule has 2 amide bonds. The number of urea groups is 1. The van der Waals surface area contributed by atoms with Gasteiger partial charge in [0.2, 0.25) is 0 Å². The van der Waals surface area contributed by atoms with E-state index in [-0.39, 0.29) is 24.0 Å². The van der Waals surface area contributed by atoms with Crippen molar-refractivity contribution < 1.29 is 13.6 Å². The summed E-state index contributed by atoms with van der Waals surface area (Å²) in [6, 6.07) is 4.95. The van der Waals surface area contributed by atoms with E-state index in [0.29, 0.717) is 0 Å². The number of carbonyl (C=O) groups excluding carboxylic acids is 1. The smallest absolute Gasteiger partial charge is 0.320 e. The number of rotatable bonds is 1. The molecule has 3 nitrogen and oxygen atoms in total. The van der Waals surface area contributed by atoms with Gasteiger partial charge in [0.15, 0.2) is 11.6 Å². The van der Waals surface area contributed by atoms with Crippen molar-refractivity contribution in [3.8, 4) is 0 Å². The molecule has 0 radical (unpaired) electrons. The van der Waals surface area contributed by atoms with Crippen LogP contribution in [0.2, 0.25) is 0 Å². The number of halogens is 2. The van der Waals surface area contributed by atoms with Gasteiger partial charge in [-0.05, 0) is 68.6 Å². The zero-order valence-corrected chi connectivity index (χ0v) is 13.9. The van der Waals surface area contributed by atoms with Gasteiger partial charge in [0, 0.05) is 25.2 Å². The first-order valence-electron chi connectivity index (χ1n) is 9.15. The van der Waals surface area contributed by atoms with Crippen molar-refractivity contribution in [2.75, 3.05) is 13.1 Å². The molecule has 0 N–H and O–H groups in total. The molecule has 1 unspecified atom stereocenters. The Kier molecular flexibility index (Phi) is 4.19. The predicted octanol–water partition coefficient (Wildman–Crippen LogP) is 4.28. The Balaban J connectivity index is 1.49. The average molecular weight is 334 g/mol. The molecule has 5 heteroatoms. The van der Waals surface area contributed by atoms with Crippen LogP contribution in [0.4, 0.5) is 13.6 Å². The lowest BCUT2D eigenvalue weighted by Gasteiger charge is -2.42. The fourth-order valence-electron chi connectivity index (χ4n) is 4.78. The van der Waals surface area contributed by atoms with E-state index in [9.17, 15) is 13.6 Å². The minimum absolute atomic E-state index is 0.200. The first-order valence-corrected chi connectivity index (χ1v) is 9.15. The Morgan fingerprint density at radius 2 is 1.62 bits per heavy atom. The number of hydrogen-bond donors (Lipinski definition) is 0. The standard InChI is InChI=1S/C19H24F2N2O/c20-17-7-4-13(12-18(17)21)14-10-15-5-6-16(11-14)23(15)19(24)22-8-2-1-3-9-22/h4,7,12,14-16H,1-3,5-6,8-11H2/t14?,15-,16+. The summed E-state index contributed by atoms with van der Waals surface area (Å²) >= 11 is 0. The van der Waals surface area contributed by atoms with Crippen molar-refractivity contribution in [1.82, 2.24) is 9.80 Å². The van der Waals surface area contributed by atoms with Gasteiger partial charge < -0.3 is 9.80 Å². The van der Waals surface area contributed by atoms with Gasteiger partial charge in [0.25, 0.3) is 0 Å². The van der Waals surface area contributed by atoms with Crippen LogP contribution in [0.1, 0.15) is 56.4 Å². The van der Waals surface area contributed by atoms with E-state index >= 15 is 0 Å². The maximum absolute atomic E-state index is 13.5. The molecule has 1 aromatic rings. The van der Waals surface area contributed by atoms with Crippen molar-refractivity contribution in [3.05, 3.63) is 35.4 Å². The van der Waals surface area contributed by atoms with Crippen molar-refractivity contribution in [2.45, 2.75) is 62.9 Å². The van der Waals surface area contributed by atoms with Crippen molar-refractivity contribution in [2.24, 2.45) is 0 Å². The summed E-state index contributed by atoms with van der Waals surface area (Å²) in [6.45, 7) is 1.75. The van der Waals surface area contributed by atoms with Crippen LogP contribution in [0.3, 0.4) is 0 Å². The summed E-state index contributed by atoms with van der Waals surface area (Å²) in [5.41, 5.74) is 0.871. The molecule has 0 saturated carbocycles. The third kappa shape index (κ3) is 2.78. The Morgan fingerprint density at radius 1 is 0.958 bits per heavy atom. The van der Waals surface area contributed by atoms with Crippen LogP contribution < -0.4 is 0 Å². The number of fused-ring (bicyclic) bond motifs is 2. The average Bonchev–Trinajstić information content (AvgIpc) is 2.87. The summed E-state index contributed by atoms with van der Waals surface area (Å²) in [4.78, 5) is 17.0. The van der Waals surface area contributed by atoms with E-state index in [1.165, 1.54) is 18.6 Å². The van der Waals surface area contributed by atoms with Gasteiger partial charge in [-0.15, -0.1) is 0 Å². The second kappa shape index (κ2) is 6.34. The molecule has 0 spiro atoms. The molecule has 3 heterocycles. The SMILES string of the molecule is O=C(N1CCCCC1)N1[C@@H]2CC[C@H]1CC(c1ccc(F)c(F)c1)C2. The first-order chi connectivity index (χ1) is 11.6. The summed E-state index contributed by atoms with van der Waals surface area (Å²) in [7, 11) is 0. The molecule has 3 aliphatic heterocycles. The van der Waals surface area contributed by atoms with E-state index in [1.54, 1.807) is 6.07 Å². The van der Waals surface area contributed by atoms with Gasteiger partial charge in [-0.1, -0.05) is 6.07 Å². The monoisotopic (exact) mass is 334 g/mol. The van der Waals surface area contributed by atoms with Gasteiger partial charge in [0.1, 0.15) is 0 Å². The van der Waals surface area contributed by atoms with E-state index in [2.05, 4.69) is 4.90 Å². The third-order valence-corrected chi connectivity index (χ3v) is 6.00. The molecule has 3 aliphatic rings. The Bertz CT molecular complexity index is 616. The highest BCUT2D eigenvalue weighted by Gasteiger charge is 2.44. The number of benzene rings is 1. The quantitative estimate of drug-likeness (QED) is 0.752. The molecule has 1 aromatic carbocycles. The molecule has 0 aliphatic carbocycles. The molecule has 24 heavy (non-hydrogen) atoms. The number of carbonyl (C=O) groups is 1. The van der Waals surface area contributed by atoms with Gasteiger partial charge in [0.05, 0.1) is 0 Å². The lowest BCUT2D eigenvalue weighted by Crippen LogP contribution is -2.53. The second-order valence-corrected chi connectivity index (χ2v) is 7.46. The highest BCUT2D eigenvalue weighted by molar-refractivity contribution is 5.76. The van der Waals surface area contributed by atoms with E-state index in [1.807, 2.05) is 4.90 Å². The van der Waals surface area contributed by atoms with Crippen LogP contribution in [0.25, 0.3) is 0 Å². The van der Waals surface area contributed by atoms with Crippen LogP contribution in [-0.2, 0) is 0 Å². The van der Waals surface area contributed by atoms with Crippen LogP contribution in [0.5, 0.6) is 0 Å². The Labute approximate surface area is 141 Å². The van der Waals surface area contributed by atoms with Crippen molar-refractivity contribution in [3.63, 3.8) is 0 Å². The van der Waals surface area contributed by atoms with E-state index in [4.69, 9.17) is 0 Å². The highest BCUT2D eigenvalue weighted by atomic mass is 19.2. The van der Waals surface area contributed by atoms with Crippen LogP contribution in [0, 0.1) is 11.6 Å². The number of nitrogens with zero attached hydrogens (tertiary/aromatic N) is 2. The minimum Gasteiger partial charge on any atom is -0.325 e. The first kappa shape index (κ1) is 15.9. The lowest BCUT2D eigenvalue weighted by atomic mass is 9.85. The molecular formula is C19H24F2N2O. The van der Waals surface area contributed by atoms with E-state index in [0.717, 1.165) is 57.2 Å². The largest absolute Gasteiger partial charge is 0.325 e. The molecular weight excluding hydrogens is 310 g/mol. The number of piperidine rings is 2. The molecule has 0 aromatic heterocycles. The molecule has 3 atom stereocenters. The van der Waals surface area contributed by atoms with Gasteiger partial charge in [-0.3, -0.25) is 0 Å². The molecule has 4 rings (SSSR count). The van der Waals surface area contributed by atoms with Crippen LogP contribution in [0.15, 0.2) is 18.2 Å². The summed E-state index contributed by atoms with van der Waals surface area (Å²) < 4.78 is 26.7. The van der Waals surface area contributed by atoms with Crippen LogP contribution >= 0.6 is 0 Å². The maximum atomic E-state index is 13.5. The zero-order chi connectivity index (χ0) is 16.7. The fourth-order valence-corrected chi connectivity index (χ4v) is 4.78. The van der Waals surface area contributed by atoms with Gasteiger partial charge in [-0.2, -0.15) is 0 Å². The zero-order valence-electron chi connectivity index (χ0n) is 13.9. The summed E-state index contributed by atoms with van der Waals surface area (Å²) in [6.07, 6.45) is 7.21. The Hall–Kier alpha value is -1.65. The normalized spacial score (nSPS) is 29.8. The number of amides is 2. The third-order valence-electron chi connectivity index (χ3n) is 6.00. The van der Waals surface area contributed by atoms with Crippen molar-refractivity contribution in [1.29, 1.82) is 0 Å². The number of likely N-dealkylation sites (tertiary alicyclic amines) is 1. The van der Waals surface area contributed by atoms with Gasteiger partial charge in [-0.25, -0.2) is 13.6 Å². The molecule has 3 saturated heterocycles. The summed E-state index contributed by atoms with van der Waals surface area (Å²) in [5.74, 6) is -1.34. The molecule has 2 bridgehead atoms. The summed E-state index contributed by atoms with van der Waals surface area (Å²) in [5, 5.41) is 0. The predicted molar refractivity (Wildman–Crippen MR) is 87.8 cm³/mol. The number of hydrogen-bond acceptors (Lipinski definition) is 1. The highest BCUT2D eigenvalue weighted by Crippen LogP contribution is 2.43. The molecule has 130 valence electrons. The fraction of sp³-hybridized carbons (Fsp3) is 0.632. The second-order valence-electron chi connectivity index (χ2n) is 7.46. The Morgan fingerprint density at radius 3 is 2.25 bits per heavy atom.